The Morgan fingerprint density at radius 1 is 1.13 bits per heavy atom. The fraction of sp³-hybridized carbons (Fsp3) is 1.00. The lowest BCUT2D eigenvalue weighted by atomic mass is 10.0. The van der Waals surface area contributed by atoms with Crippen LogP contribution in [0.5, 0.6) is 0 Å². The van der Waals surface area contributed by atoms with Crippen LogP contribution in [0.25, 0.3) is 0 Å². The Kier molecular flexibility index (Phi) is 3.94. The highest BCUT2D eigenvalue weighted by atomic mass is 19.1. The molecule has 15 heavy (non-hydrogen) atoms. The summed E-state index contributed by atoms with van der Waals surface area (Å²) in [5.41, 5.74) is 5.88. The van der Waals surface area contributed by atoms with E-state index in [-0.39, 0.29) is 6.67 Å². The molecule has 2 rings (SSSR count). The third kappa shape index (κ3) is 2.89. The van der Waals surface area contributed by atoms with Gasteiger partial charge in [-0.15, -0.1) is 0 Å². The third-order valence-electron chi connectivity index (χ3n) is 3.74. The van der Waals surface area contributed by atoms with Crippen LogP contribution in [0.2, 0.25) is 0 Å². The minimum Gasteiger partial charge on any atom is -0.328 e. The van der Waals surface area contributed by atoms with Gasteiger partial charge in [-0.25, -0.2) is 4.39 Å². The first-order chi connectivity index (χ1) is 7.29. The molecule has 2 fully saturated rings. The molecule has 0 aliphatic carbocycles. The Balaban J connectivity index is 1.75. The Labute approximate surface area is 91.4 Å². The highest BCUT2D eigenvalue weighted by Gasteiger charge is 2.29. The number of rotatable bonds is 3. The number of halogens is 1. The number of likely N-dealkylation sites (tertiary alicyclic amines) is 2. The minimum atomic E-state index is -0.211. The zero-order valence-corrected chi connectivity index (χ0v) is 9.37. The molecule has 0 bridgehead atoms. The summed E-state index contributed by atoms with van der Waals surface area (Å²) in [7, 11) is 0. The van der Waals surface area contributed by atoms with Crippen molar-refractivity contribution in [3.05, 3.63) is 0 Å². The molecule has 0 spiro atoms. The van der Waals surface area contributed by atoms with E-state index in [4.69, 9.17) is 5.73 Å². The first kappa shape index (κ1) is 11.3. The minimum absolute atomic E-state index is 0.211. The second-order valence-corrected chi connectivity index (χ2v) is 4.81. The van der Waals surface area contributed by atoms with E-state index in [0.717, 1.165) is 39.0 Å². The Morgan fingerprint density at radius 3 is 2.53 bits per heavy atom. The van der Waals surface area contributed by atoms with Crippen LogP contribution in [0.4, 0.5) is 4.39 Å². The van der Waals surface area contributed by atoms with Crippen LogP contribution in [0.1, 0.15) is 19.3 Å². The second-order valence-electron chi connectivity index (χ2n) is 4.81. The summed E-state index contributed by atoms with van der Waals surface area (Å²) in [4.78, 5) is 4.78. The van der Waals surface area contributed by atoms with Gasteiger partial charge in [0.15, 0.2) is 0 Å². The molecule has 2 aliphatic rings. The van der Waals surface area contributed by atoms with Gasteiger partial charge in [0, 0.05) is 25.2 Å². The van der Waals surface area contributed by atoms with Gasteiger partial charge in [0.25, 0.3) is 0 Å². The van der Waals surface area contributed by atoms with Crippen molar-refractivity contribution in [2.24, 2.45) is 5.73 Å². The number of nitrogens with two attached hydrogens (primary N) is 1. The van der Waals surface area contributed by atoms with E-state index in [1.54, 1.807) is 0 Å². The molecule has 3 nitrogen and oxygen atoms in total. The maximum atomic E-state index is 12.2. The van der Waals surface area contributed by atoms with Gasteiger partial charge in [-0.1, -0.05) is 0 Å². The summed E-state index contributed by atoms with van der Waals surface area (Å²) in [6, 6.07) is 1.06. The molecule has 0 amide bonds. The Hall–Kier alpha value is -0.190. The molecule has 4 heteroatoms. The standard InChI is InChI=1S/C11H22FN3/c12-4-8-14-5-3-11(9-14)15-6-1-10(13)2-7-15/h10-11H,1-9,13H2. The summed E-state index contributed by atoms with van der Waals surface area (Å²) in [6.07, 6.45) is 3.45. The maximum absolute atomic E-state index is 12.2. The van der Waals surface area contributed by atoms with Gasteiger partial charge < -0.3 is 5.73 Å². The predicted molar refractivity (Wildman–Crippen MR) is 59.6 cm³/mol. The summed E-state index contributed by atoms with van der Waals surface area (Å²) >= 11 is 0. The van der Waals surface area contributed by atoms with E-state index >= 15 is 0 Å². The molecular formula is C11H22FN3. The van der Waals surface area contributed by atoms with E-state index in [2.05, 4.69) is 9.80 Å². The van der Waals surface area contributed by atoms with Crippen LogP contribution < -0.4 is 5.73 Å². The molecule has 2 saturated heterocycles. The normalized spacial score (nSPS) is 31.2. The van der Waals surface area contributed by atoms with Gasteiger partial charge in [0.1, 0.15) is 6.67 Å². The number of piperidine rings is 1. The molecular weight excluding hydrogens is 193 g/mol. The number of nitrogens with zero attached hydrogens (tertiary/aromatic N) is 2. The maximum Gasteiger partial charge on any atom is 0.102 e. The predicted octanol–water partition coefficient (Wildman–Crippen LogP) is 0.453. The van der Waals surface area contributed by atoms with Crippen LogP contribution in [0.3, 0.4) is 0 Å². The summed E-state index contributed by atoms with van der Waals surface area (Å²) in [6.45, 7) is 4.79. The van der Waals surface area contributed by atoms with Crippen LogP contribution in [0, 0.1) is 0 Å². The van der Waals surface area contributed by atoms with Crippen molar-refractivity contribution in [1.29, 1.82) is 0 Å². The van der Waals surface area contributed by atoms with E-state index < -0.39 is 0 Å². The van der Waals surface area contributed by atoms with E-state index in [0.29, 0.717) is 18.6 Å². The quantitative estimate of drug-likeness (QED) is 0.742. The van der Waals surface area contributed by atoms with Gasteiger partial charge >= 0.3 is 0 Å². The van der Waals surface area contributed by atoms with Gasteiger partial charge in [-0.05, 0) is 38.9 Å². The molecule has 0 saturated carbocycles. The number of hydrogen-bond acceptors (Lipinski definition) is 3. The first-order valence-corrected chi connectivity index (χ1v) is 6.07. The zero-order valence-electron chi connectivity index (χ0n) is 9.37. The molecule has 0 aromatic heterocycles. The topological polar surface area (TPSA) is 32.5 Å². The van der Waals surface area contributed by atoms with Crippen molar-refractivity contribution in [3.63, 3.8) is 0 Å². The van der Waals surface area contributed by atoms with Crippen LogP contribution >= 0.6 is 0 Å². The van der Waals surface area contributed by atoms with E-state index in [1.807, 2.05) is 0 Å². The molecule has 1 unspecified atom stereocenters. The molecule has 0 aromatic rings. The smallest absolute Gasteiger partial charge is 0.102 e. The highest BCUT2D eigenvalue weighted by Crippen LogP contribution is 2.19. The molecule has 0 radical (unpaired) electrons. The fourth-order valence-electron chi connectivity index (χ4n) is 2.72. The number of alkyl halides is 1. The van der Waals surface area contributed by atoms with E-state index in [9.17, 15) is 4.39 Å². The van der Waals surface area contributed by atoms with Crippen LogP contribution in [0.15, 0.2) is 0 Å². The Bertz CT molecular complexity index is 192. The van der Waals surface area contributed by atoms with Crippen molar-refractivity contribution in [2.75, 3.05) is 39.4 Å². The summed E-state index contributed by atoms with van der Waals surface area (Å²) in [5.74, 6) is 0. The molecule has 2 aliphatic heterocycles. The summed E-state index contributed by atoms with van der Waals surface area (Å²) < 4.78 is 12.2. The van der Waals surface area contributed by atoms with Crippen molar-refractivity contribution in [2.45, 2.75) is 31.3 Å². The first-order valence-electron chi connectivity index (χ1n) is 6.07. The van der Waals surface area contributed by atoms with Crippen LogP contribution in [-0.2, 0) is 0 Å². The zero-order chi connectivity index (χ0) is 10.7. The molecule has 1 atom stereocenters. The third-order valence-corrected chi connectivity index (χ3v) is 3.74. The Morgan fingerprint density at radius 2 is 1.87 bits per heavy atom. The molecule has 88 valence electrons. The van der Waals surface area contributed by atoms with Gasteiger partial charge in [-0.2, -0.15) is 0 Å². The van der Waals surface area contributed by atoms with Crippen LogP contribution in [-0.4, -0.2) is 61.3 Å². The molecule has 2 N–H and O–H groups in total. The lowest BCUT2D eigenvalue weighted by molar-refractivity contribution is 0.151. The van der Waals surface area contributed by atoms with Gasteiger partial charge in [0.2, 0.25) is 0 Å². The second kappa shape index (κ2) is 5.23. The summed E-state index contributed by atoms with van der Waals surface area (Å²) in [5, 5.41) is 0. The van der Waals surface area contributed by atoms with Gasteiger partial charge in [-0.3, -0.25) is 9.80 Å². The molecule has 0 aromatic carbocycles. The van der Waals surface area contributed by atoms with Crippen molar-refractivity contribution >= 4 is 0 Å². The fourth-order valence-corrected chi connectivity index (χ4v) is 2.72. The SMILES string of the molecule is NC1CCN(C2CCN(CCF)C2)CC1. The number of hydrogen-bond donors (Lipinski definition) is 1. The average molecular weight is 215 g/mol. The average Bonchev–Trinajstić information content (AvgIpc) is 2.68. The lowest BCUT2D eigenvalue weighted by Crippen LogP contribution is -2.46. The van der Waals surface area contributed by atoms with E-state index in [1.165, 1.54) is 6.42 Å². The van der Waals surface area contributed by atoms with Crippen molar-refractivity contribution in [3.8, 4) is 0 Å². The highest BCUT2D eigenvalue weighted by molar-refractivity contribution is 4.86. The van der Waals surface area contributed by atoms with Crippen molar-refractivity contribution < 1.29 is 4.39 Å². The lowest BCUT2D eigenvalue weighted by Gasteiger charge is -2.34. The largest absolute Gasteiger partial charge is 0.328 e. The van der Waals surface area contributed by atoms with Gasteiger partial charge in [0.05, 0.1) is 0 Å². The molecule has 2 heterocycles. The monoisotopic (exact) mass is 215 g/mol. The van der Waals surface area contributed by atoms with Crippen molar-refractivity contribution in [1.82, 2.24) is 9.80 Å².